The molecule has 30 heavy (non-hydrogen) atoms. The van der Waals surface area contributed by atoms with Crippen LogP contribution in [0.2, 0.25) is 0 Å². The average Bonchev–Trinajstić information content (AvgIpc) is 3.42. The first kappa shape index (κ1) is 18.6. The summed E-state index contributed by atoms with van der Waals surface area (Å²) in [7, 11) is 1.85. The fourth-order valence-corrected chi connectivity index (χ4v) is 4.57. The number of hydrogen-bond donors (Lipinski definition) is 0. The Balaban J connectivity index is 1.45. The van der Waals surface area contributed by atoms with Crippen molar-refractivity contribution in [3.05, 3.63) is 85.9 Å². The minimum atomic E-state index is -0.601. The van der Waals surface area contributed by atoms with Crippen LogP contribution in [-0.2, 0) is 20.1 Å². The highest BCUT2D eigenvalue weighted by atomic mass is 16.2. The lowest BCUT2D eigenvalue weighted by atomic mass is 10.00. The summed E-state index contributed by atoms with van der Waals surface area (Å²) in [5, 5.41) is 4.57. The van der Waals surface area contributed by atoms with Gasteiger partial charge in [0.25, 0.3) is 5.91 Å². The molecule has 0 radical (unpaired) electrons. The van der Waals surface area contributed by atoms with Gasteiger partial charge in [0.1, 0.15) is 11.5 Å². The fourth-order valence-electron chi connectivity index (χ4n) is 4.57. The molecule has 154 valence electrons. The Hall–Kier alpha value is -3.42. The zero-order valence-corrected chi connectivity index (χ0v) is 17.0. The third-order valence-corrected chi connectivity index (χ3v) is 6.26. The number of likely N-dealkylation sites (tertiary alicyclic amines) is 1. The van der Waals surface area contributed by atoms with Crippen LogP contribution in [0.5, 0.6) is 0 Å². The van der Waals surface area contributed by atoms with Crippen LogP contribution >= 0.6 is 0 Å². The van der Waals surface area contributed by atoms with Gasteiger partial charge in [-0.2, -0.15) is 5.10 Å². The van der Waals surface area contributed by atoms with Gasteiger partial charge in [-0.1, -0.05) is 29.8 Å². The maximum Gasteiger partial charge on any atom is 0.332 e. The van der Waals surface area contributed by atoms with E-state index in [9.17, 15) is 14.4 Å². The van der Waals surface area contributed by atoms with E-state index in [-0.39, 0.29) is 24.3 Å². The molecular formula is C22H23N5O3. The lowest BCUT2D eigenvalue weighted by Gasteiger charge is -2.18. The standard InChI is InChI=1S/C22H23N5O3/c1-14-5-7-15(8-6-14)10-27-22(30)21(29)26-12-16-11-25(13-17(16)19(26)23-27)20(28)18-4-3-9-24(18)2/h3-9,16-17H,10-13H2,1-2H3/t16-,17+/m0/s1. The lowest BCUT2D eigenvalue weighted by Crippen LogP contribution is -2.44. The highest BCUT2D eigenvalue weighted by Crippen LogP contribution is 2.37. The highest BCUT2D eigenvalue weighted by molar-refractivity contribution is 5.93. The summed E-state index contributed by atoms with van der Waals surface area (Å²) in [6.45, 7) is 3.75. The maximum atomic E-state index is 12.9. The van der Waals surface area contributed by atoms with Gasteiger partial charge in [0, 0.05) is 44.7 Å². The number of aryl methyl sites for hydroxylation is 2. The van der Waals surface area contributed by atoms with Gasteiger partial charge in [-0.15, -0.1) is 0 Å². The van der Waals surface area contributed by atoms with Crippen molar-refractivity contribution in [2.45, 2.75) is 25.9 Å². The van der Waals surface area contributed by atoms with Crippen LogP contribution in [0, 0.1) is 12.8 Å². The third-order valence-electron chi connectivity index (χ3n) is 6.26. The molecule has 2 atom stereocenters. The van der Waals surface area contributed by atoms with Crippen molar-refractivity contribution in [2.24, 2.45) is 13.0 Å². The predicted octanol–water partition coefficient (Wildman–Crippen LogP) is 0.970. The molecule has 2 aromatic heterocycles. The molecule has 8 nitrogen and oxygen atoms in total. The molecule has 0 saturated carbocycles. The molecular weight excluding hydrogens is 382 g/mol. The first-order chi connectivity index (χ1) is 14.4. The Bertz CT molecular complexity index is 1250. The van der Waals surface area contributed by atoms with E-state index in [2.05, 4.69) is 5.10 Å². The van der Waals surface area contributed by atoms with Crippen LogP contribution in [0.25, 0.3) is 0 Å². The number of hydrogen-bond acceptors (Lipinski definition) is 4. The molecule has 0 aliphatic carbocycles. The van der Waals surface area contributed by atoms with E-state index in [1.165, 1.54) is 9.25 Å². The highest BCUT2D eigenvalue weighted by Gasteiger charge is 2.44. The Labute approximate surface area is 173 Å². The summed E-state index contributed by atoms with van der Waals surface area (Å²) >= 11 is 0. The van der Waals surface area contributed by atoms with E-state index in [1.807, 2.05) is 66.0 Å². The quantitative estimate of drug-likeness (QED) is 0.608. The molecule has 1 saturated heterocycles. The van der Waals surface area contributed by atoms with Crippen LogP contribution in [0.15, 0.2) is 52.2 Å². The third kappa shape index (κ3) is 2.91. The summed E-state index contributed by atoms with van der Waals surface area (Å²) < 4.78 is 4.59. The topological polar surface area (TPSA) is 82.1 Å². The van der Waals surface area contributed by atoms with Crippen molar-refractivity contribution in [2.75, 3.05) is 13.1 Å². The fraction of sp³-hybridized carbons (Fsp3) is 0.364. The van der Waals surface area contributed by atoms with Gasteiger partial charge < -0.3 is 9.47 Å². The van der Waals surface area contributed by atoms with Gasteiger partial charge in [-0.25, -0.2) is 4.68 Å². The van der Waals surface area contributed by atoms with E-state index in [0.717, 1.165) is 11.1 Å². The molecule has 0 bridgehead atoms. The SMILES string of the molecule is Cc1ccc(Cn2nc3n(c(=O)c2=O)C[C@@H]2CN(C(=O)c4cccn4C)C[C@@H]32)cc1. The van der Waals surface area contributed by atoms with Gasteiger partial charge in [0.05, 0.1) is 6.54 Å². The number of carbonyl (C=O) groups is 1. The Morgan fingerprint density at radius 1 is 1.07 bits per heavy atom. The number of benzene rings is 1. The van der Waals surface area contributed by atoms with E-state index < -0.39 is 11.1 Å². The average molecular weight is 405 g/mol. The monoisotopic (exact) mass is 405 g/mol. The second-order valence-corrected chi connectivity index (χ2v) is 8.30. The number of aromatic nitrogens is 4. The zero-order chi connectivity index (χ0) is 21.0. The largest absolute Gasteiger partial charge is 0.347 e. The Morgan fingerprint density at radius 3 is 2.53 bits per heavy atom. The van der Waals surface area contributed by atoms with E-state index in [4.69, 9.17) is 0 Å². The Morgan fingerprint density at radius 2 is 1.83 bits per heavy atom. The first-order valence-electron chi connectivity index (χ1n) is 10.1. The number of amides is 1. The van der Waals surface area contributed by atoms with Gasteiger partial charge in [-0.05, 0) is 24.6 Å². The second kappa shape index (κ2) is 6.83. The normalized spacial score (nSPS) is 19.7. The summed E-state index contributed by atoms with van der Waals surface area (Å²) in [6, 6.07) is 11.5. The van der Waals surface area contributed by atoms with Crippen molar-refractivity contribution in [1.82, 2.24) is 23.8 Å². The molecule has 2 aliphatic rings. The first-order valence-corrected chi connectivity index (χ1v) is 10.1. The molecule has 1 amide bonds. The molecule has 4 heterocycles. The molecule has 0 N–H and O–H groups in total. The van der Waals surface area contributed by atoms with Crippen molar-refractivity contribution in [3.63, 3.8) is 0 Å². The van der Waals surface area contributed by atoms with Gasteiger partial charge >= 0.3 is 11.1 Å². The summed E-state index contributed by atoms with van der Waals surface area (Å²) in [4.78, 5) is 40.0. The van der Waals surface area contributed by atoms with Crippen LogP contribution in [0.4, 0.5) is 0 Å². The molecule has 0 unspecified atom stereocenters. The summed E-state index contributed by atoms with van der Waals surface area (Å²) in [5.74, 6) is 0.661. The lowest BCUT2D eigenvalue weighted by molar-refractivity contribution is 0.0773. The number of rotatable bonds is 3. The number of carbonyl (C=O) groups excluding carboxylic acids is 1. The molecule has 2 aliphatic heterocycles. The van der Waals surface area contributed by atoms with Crippen molar-refractivity contribution in [1.29, 1.82) is 0 Å². The smallest absolute Gasteiger partial charge is 0.332 e. The van der Waals surface area contributed by atoms with Crippen LogP contribution in [0.3, 0.4) is 0 Å². The molecule has 3 aromatic rings. The predicted molar refractivity (Wildman–Crippen MR) is 111 cm³/mol. The minimum Gasteiger partial charge on any atom is -0.347 e. The van der Waals surface area contributed by atoms with E-state index in [1.54, 1.807) is 0 Å². The summed E-state index contributed by atoms with van der Waals surface area (Å²) in [6.07, 6.45) is 1.85. The van der Waals surface area contributed by atoms with Crippen LogP contribution in [0.1, 0.15) is 33.4 Å². The second-order valence-electron chi connectivity index (χ2n) is 8.30. The number of fused-ring (bicyclic) bond motifs is 3. The minimum absolute atomic E-state index is 0.0150. The molecule has 1 fully saturated rings. The van der Waals surface area contributed by atoms with Crippen molar-refractivity contribution < 1.29 is 4.79 Å². The zero-order valence-electron chi connectivity index (χ0n) is 17.0. The van der Waals surface area contributed by atoms with Gasteiger partial charge in [0.2, 0.25) is 0 Å². The van der Waals surface area contributed by atoms with Crippen molar-refractivity contribution in [3.8, 4) is 0 Å². The van der Waals surface area contributed by atoms with Crippen LogP contribution < -0.4 is 11.1 Å². The molecule has 5 rings (SSSR count). The van der Waals surface area contributed by atoms with Gasteiger partial charge in [0.15, 0.2) is 0 Å². The molecule has 1 aromatic carbocycles. The van der Waals surface area contributed by atoms with Crippen molar-refractivity contribution >= 4 is 5.91 Å². The Kier molecular flexibility index (Phi) is 4.23. The summed E-state index contributed by atoms with van der Waals surface area (Å²) in [5.41, 5.74) is 1.56. The van der Waals surface area contributed by atoms with Gasteiger partial charge in [-0.3, -0.25) is 19.0 Å². The molecule has 0 spiro atoms. The van der Waals surface area contributed by atoms with Crippen LogP contribution in [-0.4, -0.2) is 42.8 Å². The number of nitrogens with zero attached hydrogens (tertiary/aromatic N) is 5. The van der Waals surface area contributed by atoms with E-state index >= 15 is 0 Å². The molecule has 8 heteroatoms. The van der Waals surface area contributed by atoms with E-state index in [0.29, 0.717) is 31.2 Å². The maximum absolute atomic E-state index is 12.9.